The number of aliphatic carboxylic acids is 1. The zero-order valence-corrected chi connectivity index (χ0v) is 19.4. The van der Waals surface area contributed by atoms with Crippen LogP contribution in [0.3, 0.4) is 0 Å². The molecule has 35 heavy (non-hydrogen) atoms. The second-order valence-electron chi connectivity index (χ2n) is 8.66. The van der Waals surface area contributed by atoms with Crippen LogP contribution < -0.4 is 10.6 Å². The number of rotatable bonds is 9. The molecule has 0 radical (unpaired) electrons. The highest BCUT2D eigenvalue weighted by molar-refractivity contribution is 5.87. The van der Waals surface area contributed by atoms with Gasteiger partial charge in [0, 0.05) is 18.4 Å². The summed E-state index contributed by atoms with van der Waals surface area (Å²) in [4.78, 5) is 36.7. The predicted octanol–water partition coefficient (Wildman–Crippen LogP) is 4.64. The van der Waals surface area contributed by atoms with Gasteiger partial charge in [-0.3, -0.25) is 9.59 Å². The molecule has 0 heterocycles. The molecular formula is C28H28N2O5. The number of benzene rings is 3. The van der Waals surface area contributed by atoms with E-state index in [9.17, 15) is 14.4 Å². The van der Waals surface area contributed by atoms with E-state index in [-0.39, 0.29) is 31.4 Å². The van der Waals surface area contributed by atoms with Crippen molar-refractivity contribution in [3.8, 4) is 11.1 Å². The van der Waals surface area contributed by atoms with E-state index in [0.29, 0.717) is 5.56 Å². The lowest BCUT2D eigenvalue weighted by Crippen LogP contribution is -2.44. The standard InChI is InChI=1S/C28H28N2O5/c1-18(15-16-25(31)32)29-27(33)26(19-9-3-2-4-10-19)30-28(34)35-17-24-22-13-7-5-11-20(22)21-12-6-8-14-23(21)24/h2-14,18,24,26H,15-17H2,1H3,(H,29,33)(H,30,34)(H,31,32)/t18?,26-/m1/s1. The van der Waals surface area contributed by atoms with Gasteiger partial charge in [0.2, 0.25) is 5.91 Å². The SMILES string of the molecule is CC(CCC(=O)O)NC(=O)[C@H](NC(=O)OCC1c2ccccc2-c2ccccc21)c1ccccc1. The maximum Gasteiger partial charge on any atom is 0.408 e. The average Bonchev–Trinajstić information content (AvgIpc) is 3.19. The van der Waals surface area contributed by atoms with E-state index in [1.165, 1.54) is 0 Å². The zero-order chi connectivity index (χ0) is 24.8. The number of carbonyl (C=O) groups is 3. The second kappa shape index (κ2) is 10.9. The number of hydrogen-bond donors (Lipinski definition) is 3. The van der Waals surface area contributed by atoms with Crippen LogP contribution in [0.25, 0.3) is 11.1 Å². The van der Waals surface area contributed by atoms with Crippen LogP contribution in [0.1, 0.15) is 48.4 Å². The quantitative estimate of drug-likeness (QED) is 0.421. The van der Waals surface area contributed by atoms with E-state index < -0.39 is 24.0 Å². The van der Waals surface area contributed by atoms with Gasteiger partial charge in [-0.1, -0.05) is 78.9 Å². The summed E-state index contributed by atoms with van der Waals surface area (Å²) in [6.07, 6.45) is -0.473. The van der Waals surface area contributed by atoms with E-state index in [2.05, 4.69) is 22.8 Å². The van der Waals surface area contributed by atoms with Gasteiger partial charge in [-0.05, 0) is 41.2 Å². The lowest BCUT2D eigenvalue weighted by atomic mass is 9.98. The molecule has 1 aliphatic rings. The summed E-state index contributed by atoms with van der Waals surface area (Å²) >= 11 is 0. The first-order valence-corrected chi connectivity index (χ1v) is 11.6. The van der Waals surface area contributed by atoms with Gasteiger partial charge in [0.25, 0.3) is 0 Å². The van der Waals surface area contributed by atoms with Crippen molar-refractivity contribution in [2.24, 2.45) is 0 Å². The fourth-order valence-corrected chi connectivity index (χ4v) is 4.44. The maximum absolute atomic E-state index is 13.0. The smallest absolute Gasteiger partial charge is 0.408 e. The van der Waals surface area contributed by atoms with Crippen molar-refractivity contribution in [3.63, 3.8) is 0 Å². The number of hydrogen-bond acceptors (Lipinski definition) is 4. The third-order valence-corrected chi connectivity index (χ3v) is 6.18. The van der Waals surface area contributed by atoms with Gasteiger partial charge < -0.3 is 20.5 Å². The first-order valence-electron chi connectivity index (χ1n) is 11.6. The molecule has 0 saturated heterocycles. The third kappa shape index (κ3) is 5.69. The number of ether oxygens (including phenoxy) is 1. The molecule has 3 N–H and O–H groups in total. The Morgan fingerprint density at radius 1 is 0.857 bits per heavy atom. The van der Waals surface area contributed by atoms with Crippen molar-refractivity contribution in [3.05, 3.63) is 95.6 Å². The van der Waals surface area contributed by atoms with E-state index in [1.54, 1.807) is 31.2 Å². The number of alkyl carbamates (subject to hydrolysis) is 1. The average molecular weight is 473 g/mol. The fraction of sp³-hybridized carbons (Fsp3) is 0.250. The Morgan fingerprint density at radius 3 is 2.03 bits per heavy atom. The van der Waals surface area contributed by atoms with Gasteiger partial charge in [0.1, 0.15) is 12.6 Å². The molecule has 2 amide bonds. The molecule has 3 aromatic carbocycles. The molecule has 0 aliphatic heterocycles. The largest absolute Gasteiger partial charge is 0.481 e. The molecule has 0 bridgehead atoms. The van der Waals surface area contributed by atoms with Crippen LogP contribution in [0, 0.1) is 0 Å². The second-order valence-corrected chi connectivity index (χ2v) is 8.66. The third-order valence-electron chi connectivity index (χ3n) is 6.18. The molecule has 1 aliphatic carbocycles. The monoisotopic (exact) mass is 472 g/mol. The number of fused-ring (bicyclic) bond motifs is 3. The summed E-state index contributed by atoms with van der Waals surface area (Å²) in [5.41, 5.74) is 5.07. The van der Waals surface area contributed by atoms with E-state index in [1.807, 2.05) is 42.5 Å². The fourth-order valence-electron chi connectivity index (χ4n) is 4.44. The van der Waals surface area contributed by atoms with Crippen LogP contribution >= 0.6 is 0 Å². The number of carboxylic acid groups (broad SMARTS) is 1. The van der Waals surface area contributed by atoms with Crippen LogP contribution in [0.4, 0.5) is 4.79 Å². The van der Waals surface area contributed by atoms with Crippen LogP contribution in [-0.4, -0.2) is 35.7 Å². The summed E-state index contributed by atoms with van der Waals surface area (Å²) < 4.78 is 5.62. The van der Waals surface area contributed by atoms with E-state index in [0.717, 1.165) is 22.3 Å². The van der Waals surface area contributed by atoms with Gasteiger partial charge in [-0.25, -0.2) is 4.79 Å². The predicted molar refractivity (Wildman–Crippen MR) is 132 cm³/mol. The summed E-state index contributed by atoms with van der Waals surface area (Å²) in [7, 11) is 0. The van der Waals surface area contributed by atoms with Gasteiger partial charge in [0.05, 0.1) is 0 Å². The first kappa shape index (κ1) is 24.0. The first-order chi connectivity index (χ1) is 16.9. The summed E-state index contributed by atoms with van der Waals surface area (Å²) in [5.74, 6) is -1.45. The number of nitrogens with one attached hydrogen (secondary N) is 2. The maximum atomic E-state index is 13.0. The Morgan fingerprint density at radius 2 is 1.43 bits per heavy atom. The molecule has 1 unspecified atom stereocenters. The van der Waals surface area contributed by atoms with Gasteiger partial charge in [-0.2, -0.15) is 0 Å². The minimum Gasteiger partial charge on any atom is -0.481 e. The molecule has 0 fully saturated rings. The summed E-state index contributed by atoms with van der Waals surface area (Å²) in [5, 5.41) is 14.4. The summed E-state index contributed by atoms with van der Waals surface area (Å²) in [6.45, 7) is 1.87. The molecule has 7 nitrogen and oxygen atoms in total. The highest BCUT2D eigenvalue weighted by atomic mass is 16.5. The van der Waals surface area contributed by atoms with Crippen molar-refractivity contribution in [1.29, 1.82) is 0 Å². The van der Waals surface area contributed by atoms with Crippen LogP contribution in [0.2, 0.25) is 0 Å². The number of carbonyl (C=O) groups excluding carboxylic acids is 2. The number of amides is 2. The van der Waals surface area contributed by atoms with Crippen LogP contribution in [-0.2, 0) is 14.3 Å². The Bertz CT molecular complexity index is 1170. The van der Waals surface area contributed by atoms with Crippen molar-refractivity contribution in [2.45, 2.75) is 37.8 Å². The molecule has 2 atom stereocenters. The molecule has 7 heteroatoms. The zero-order valence-electron chi connectivity index (χ0n) is 19.4. The van der Waals surface area contributed by atoms with Crippen LogP contribution in [0.15, 0.2) is 78.9 Å². The van der Waals surface area contributed by atoms with E-state index >= 15 is 0 Å². The minimum atomic E-state index is -0.973. The van der Waals surface area contributed by atoms with Crippen LogP contribution in [0.5, 0.6) is 0 Å². The highest BCUT2D eigenvalue weighted by Crippen LogP contribution is 2.44. The highest BCUT2D eigenvalue weighted by Gasteiger charge is 2.30. The van der Waals surface area contributed by atoms with E-state index in [4.69, 9.17) is 9.84 Å². The Kier molecular flexibility index (Phi) is 7.45. The normalized spacial score (nSPS) is 13.7. The van der Waals surface area contributed by atoms with Crippen molar-refractivity contribution in [1.82, 2.24) is 10.6 Å². The topological polar surface area (TPSA) is 105 Å². The Labute approximate surface area is 204 Å². The van der Waals surface area contributed by atoms with Gasteiger partial charge in [-0.15, -0.1) is 0 Å². The molecule has 0 aromatic heterocycles. The molecular weight excluding hydrogens is 444 g/mol. The molecule has 0 spiro atoms. The Hall–Kier alpha value is -4.13. The van der Waals surface area contributed by atoms with Crippen molar-refractivity contribution in [2.75, 3.05) is 6.61 Å². The van der Waals surface area contributed by atoms with Crippen molar-refractivity contribution >= 4 is 18.0 Å². The molecule has 4 rings (SSSR count). The van der Waals surface area contributed by atoms with Gasteiger partial charge >= 0.3 is 12.1 Å². The minimum absolute atomic E-state index is 0.0583. The molecule has 3 aromatic rings. The lowest BCUT2D eigenvalue weighted by Gasteiger charge is -2.22. The Balaban J connectivity index is 1.44. The molecule has 180 valence electrons. The number of carboxylic acids is 1. The molecule has 0 saturated carbocycles. The van der Waals surface area contributed by atoms with Gasteiger partial charge in [0.15, 0.2) is 0 Å². The lowest BCUT2D eigenvalue weighted by molar-refractivity contribution is -0.137. The van der Waals surface area contributed by atoms with Crippen molar-refractivity contribution < 1.29 is 24.2 Å². The summed E-state index contributed by atoms with van der Waals surface area (Å²) in [6, 6.07) is 23.7.